The van der Waals surface area contributed by atoms with Gasteiger partial charge in [0, 0.05) is 22.1 Å². The maximum Gasteiger partial charge on any atom is 0.150 e. The van der Waals surface area contributed by atoms with E-state index in [1.54, 1.807) is 12.1 Å². The summed E-state index contributed by atoms with van der Waals surface area (Å²) in [6.07, 6.45) is 0.642. The van der Waals surface area contributed by atoms with Crippen molar-refractivity contribution in [2.45, 2.75) is 0 Å². The normalized spacial score (nSPS) is 10.3. The average molecular weight is 276 g/mol. The van der Waals surface area contributed by atoms with E-state index >= 15 is 0 Å². The van der Waals surface area contributed by atoms with Crippen LogP contribution in [-0.2, 0) is 0 Å². The summed E-state index contributed by atoms with van der Waals surface area (Å²) >= 11 is 0. The van der Waals surface area contributed by atoms with Crippen molar-refractivity contribution >= 4 is 17.2 Å². The van der Waals surface area contributed by atoms with E-state index in [-0.39, 0.29) is 11.3 Å². The van der Waals surface area contributed by atoms with Crippen molar-refractivity contribution in [1.29, 1.82) is 5.26 Å². The molecule has 0 aliphatic rings. The molecule has 3 rings (SSSR count). The number of aldehydes is 1. The van der Waals surface area contributed by atoms with Crippen molar-refractivity contribution in [3.8, 4) is 17.2 Å². The summed E-state index contributed by atoms with van der Waals surface area (Å²) < 4.78 is 14.1. The van der Waals surface area contributed by atoms with Crippen LogP contribution in [-0.4, -0.2) is 11.3 Å². The fourth-order valence-corrected chi connectivity index (χ4v) is 2.23. The third kappa shape index (κ3) is 2.26. The zero-order valence-corrected chi connectivity index (χ0v) is 10.9. The van der Waals surface area contributed by atoms with Crippen LogP contribution in [0.5, 0.6) is 0 Å². The van der Waals surface area contributed by atoms with Crippen LogP contribution in [0.2, 0.25) is 0 Å². The minimum absolute atomic E-state index is 0.135. The van der Waals surface area contributed by atoms with Crippen LogP contribution in [0, 0.1) is 17.1 Å². The number of para-hydroxylation sites is 1. The summed E-state index contributed by atoms with van der Waals surface area (Å²) in [5.74, 6) is -0.491. The molecule has 0 unspecified atom stereocenters. The first-order chi connectivity index (χ1) is 10.2. The number of aromatic nitrogens is 1. The van der Waals surface area contributed by atoms with Crippen LogP contribution in [0.3, 0.4) is 0 Å². The Kier molecular flexibility index (Phi) is 3.17. The smallest absolute Gasteiger partial charge is 0.150 e. The van der Waals surface area contributed by atoms with Crippen LogP contribution >= 0.6 is 0 Å². The van der Waals surface area contributed by atoms with Crippen molar-refractivity contribution in [2.75, 3.05) is 0 Å². The number of benzene rings is 2. The number of carbonyl (C=O) groups excluding carboxylic acids is 1. The number of halogens is 1. The molecule has 1 heterocycles. The Morgan fingerprint density at radius 3 is 2.67 bits per heavy atom. The fourth-order valence-electron chi connectivity index (χ4n) is 2.23. The molecule has 3 aromatic rings. The molecule has 0 radical (unpaired) electrons. The van der Waals surface area contributed by atoms with Crippen LogP contribution < -0.4 is 0 Å². The largest absolute Gasteiger partial charge is 0.298 e. The topological polar surface area (TPSA) is 53.8 Å². The maximum atomic E-state index is 14.1. The molecule has 0 N–H and O–H groups in total. The number of hydrogen-bond donors (Lipinski definition) is 0. The van der Waals surface area contributed by atoms with Gasteiger partial charge < -0.3 is 0 Å². The molecule has 100 valence electrons. The fraction of sp³-hybridized carbons (Fsp3) is 0. The first-order valence-electron chi connectivity index (χ1n) is 6.28. The highest BCUT2D eigenvalue weighted by Gasteiger charge is 2.13. The second-order valence-electron chi connectivity index (χ2n) is 4.55. The number of fused-ring (bicyclic) bond motifs is 1. The van der Waals surface area contributed by atoms with Gasteiger partial charge >= 0.3 is 0 Å². The molecular weight excluding hydrogens is 267 g/mol. The first-order valence-corrected chi connectivity index (χ1v) is 6.28. The number of rotatable bonds is 2. The maximum absolute atomic E-state index is 14.1. The molecule has 0 amide bonds. The van der Waals surface area contributed by atoms with Gasteiger partial charge in [0.1, 0.15) is 23.9 Å². The Morgan fingerprint density at radius 1 is 1.10 bits per heavy atom. The quantitative estimate of drug-likeness (QED) is 0.670. The molecule has 0 bridgehead atoms. The minimum atomic E-state index is -0.491. The van der Waals surface area contributed by atoms with E-state index in [1.807, 2.05) is 24.3 Å². The van der Waals surface area contributed by atoms with E-state index in [1.165, 1.54) is 18.2 Å². The van der Waals surface area contributed by atoms with Gasteiger partial charge in [0.05, 0.1) is 5.52 Å². The highest BCUT2D eigenvalue weighted by atomic mass is 19.1. The number of nitriles is 1. The molecule has 0 fully saturated rings. The van der Waals surface area contributed by atoms with Crippen LogP contribution in [0.25, 0.3) is 22.0 Å². The van der Waals surface area contributed by atoms with Crippen molar-refractivity contribution in [3.63, 3.8) is 0 Å². The van der Waals surface area contributed by atoms with Crippen molar-refractivity contribution in [1.82, 2.24) is 4.98 Å². The number of pyridine rings is 1. The van der Waals surface area contributed by atoms with Crippen LogP contribution in [0.1, 0.15) is 16.1 Å². The second kappa shape index (κ2) is 5.14. The van der Waals surface area contributed by atoms with Crippen molar-refractivity contribution in [2.24, 2.45) is 0 Å². The van der Waals surface area contributed by atoms with Gasteiger partial charge in [-0.1, -0.05) is 18.2 Å². The Morgan fingerprint density at radius 2 is 1.90 bits per heavy atom. The van der Waals surface area contributed by atoms with Crippen molar-refractivity contribution in [3.05, 3.63) is 65.6 Å². The summed E-state index contributed by atoms with van der Waals surface area (Å²) in [5, 5.41) is 10.1. The number of hydrogen-bond acceptors (Lipinski definition) is 3. The lowest BCUT2D eigenvalue weighted by atomic mass is 9.99. The second-order valence-corrected chi connectivity index (χ2v) is 4.55. The predicted octanol–water partition coefficient (Wildman–Crippen LogP) is 3.73. The zero-order chi connectivity index (χ0) is 14.8. The van der Waals surface area contributed by atoms with Gasteiger partial charge in [0.25, 0.3) is 0 Å². The van der Waals surface area contributed by atoms with Gasteiger partial charge in [0.2, 0.25) is 0 Å². The van der Waals surface area contributed by atoms with Crippen LogP contribution in [0.4, 0.5) is 4.39 Å². The SMILES string of the molecule is N#Cc1nc2ccccc2cc1-c1cc(C=O)ccc1F. The molecule has 0 saturated carbocycles. The van der Waals surface area contributed by atoms with E-state index in [0.29, 0.717) is 22.9 Å². The molecule has 0 aliphatic heterocycles. The van der Waals surface area contributed by atoms with E-state index < -0.39 is 5.82 Å². The number of nitrogens with zero attached hydrogens (tertiary/aromatic N) is 2. The van der Waals surface area contributed by atoms with Gasteiger partial charge in [0.15, 0.2) is 0 Å². The van der Waals surface area contributed by atoms with Gasteiger partial charge in [-0.05, 0) is 30.3 Å². The van der Waals surface area contributed by atoms with Gasteiger partial charge in [-0.25, -0.2) is 9.37 Å². The first kappa shape index (κ1) is 12.9. The minimum Gasteiger partial charge on any atom is -0.298 e. The monoisotopic (exact) mass is 276 g/mol. The molecule has 21 heavy (non-hydrogen) atoms. The standard InChI is InChI=1S/C17H9FN2O/c18-15-6-5-11(10-21)7-13(15)14-8-12-3-1-2-4-16(12)20-17(14)9-19/h1-8,10H. The molecule has 0 saturated heterocycles. The molecule has 1 aromatic heterocycles. The molecular formula is C17H9FN2O. The van der Waals surface area contributed by atoms with E-state index in [9.17, 15) is 14.4 Å². The van der Waals surface area contributed by atoms with E-state index in [4.69, 9.17) is 0 Å². The molecule has 2 aromatic carbocycles. The Balaban J connectivity index is 2.34. The third-order valence-electron chi connectivity index (χ3n) is 3.25. The van der Waals surface area contributed by atoms with Crippen molar-refractivity contribution < 1.29 is 9.18 Å². The molecule has 0 aliphatic carbocycles. The molecule has 0 atom stereocenters. The average Bonchev–Trinajstić information content (AvgIpc) is 2.54. The Labute approximate surface area is 120 Å². The Bertz CT molecular complexity index is 897. The summed E-state index contributed by atoms with van der Waals surface area (Å²) in [4.78, 5) is 15.1. The molecule has 4 heteroatoms. The number of carbonyl (C=O) groups is 1. The zero-order valence-electron chi connectivity index (χ0n) is 10.9. The highest BCUT2D eigenvalue weighted by molar-refractivity contribution is 5.87. The lowest BCUT2D eigenvalue weighted by molar-refractivity contribution is 0.112. The molecule has 3 nitrogen and oxygen atoms in total. The lowest BCUT2D eigenvalue weighted by Crippen LogP contribution is -1.94. The summed E-state index contributed by atoms with van der Waals surface area (Å²) in [6.45, 7) is 0. The predicted molar refractivity (Wildman–Crippen MR) is 77.2 cm³/mol. The lowest BCUT2D eigenvalue weighted by Gasteiger charge is -2.08. The van der Waals surface area contributed by atoms with Gasteiger partial charge in [-0.15, -0.1) is 0 Å². The molecule has 0 spiro atoms. The summed E-state index contributed by atoms with van der Waals surface area (Å²) in [6, 6.07) is 15.0. The van der Waals surface area contributed by atoms with Gasteiger partial charge in [-0.2, -0.15) is 5.26 Å². The summed E-state index contributed by atoms with van der Waals surface area (Å²) in [5.41, 5.74) is 1.75. The Hall–Kier alpha value is -3.06. The van der Waals surface area contributed by atoms with E-state index in [2.05, 4.69) is 4.98 Å². The van der Waals surface area contributed by atoms with Gasteiger partial charge in [-0.3, -0.25) is 4.79 Å². The van der Waals surface area contributed by atoms with Crippen LogP contribution in [0.15, 0.2) is 48.5 Å². The van der Waals surface area contributed by atoms with E-state index in [0.717, 1.165) is 5.39 Å². The third-order valence-corrected chi connectivity index (χ3v) is 3.25. The summed E-state index contributed by atoms with van der Waals surface area (Å²) in [7, 11) is 0. The highest BCUT2D eigenvalue weighted by Crippen LogP contribution is 2.29.